The molecular formula is C11H12O. The van der Waals surface area contributed by atoms with Crippen LogP contribution in [0.4, 0.5) is 0 Å². The van der Waals surface area contributed by atoms with Crippen molar-refractivity contribution >= 4 is 0 Å². The molecule has 0 aromatic heterocycles. The van der Waals surface area contributed by atoms with Gasteiger partial charge in [-0.3, -0.25) is 0 Å². The number of hydrogen-bond acceptors (Lipinski definition) is 1. The summed E-state index contributed by atoms with van der Waals surface area (Å²) < 4.78 is 5.35. The lowest BCUT2D eigenvalue weighted by Crippen LogP contribution is -1.95. The van der Waals surface area contributed by atoms with Gasteiger partial charge in [-0.1, -0.05) is 36.4 Å². The van der Waals surface area contributed by atoms with E-state index < -0.39 is 0 Å². The van der Waals surface area contributed by atoms with Crippen molar-refractivity contribution in [1.82, 2.24) is 0 Å². The van der Waals surface area contributed by atoms with Crippen molar-refractivity contribution in [1.29, 1.82) is 0 Å². The van der Waals surface area contributed by atoms with Crippen LogP contribution in [0.3, 0.4) is 0 Å². The number of benzene rings is 1. The van der Waals surface area contributed by atoms with E-state index in [1.807, 2.05) is 12.1 Å². The van der Waals surface area contributed by atoms with Crippen LogP contribution in [0.25, 0.3) is 0 Å². The zero-order chi connectivity index (χ0) is 8.39. The molecule has 0 radical (unpaired) electrons. The molecular weight excluding hydrogens is 148 g/mol. The molecule has 1 aromatic carbocycles. The molecule has 2 unspecified atom stereocenters. The fraction of sp³-hybridized carbons (Fsp3) is 0.273. The zero-order valence-corrected chi connectivity index (χ0v) is 6.94. The summed E-state index contributed by atoms with van der Waals surface area (Å²) in [7, 11) is 0. The average Bonchev–Trinajstić information content (AvgIpc) is 2.85. The van der Waals surface area contributed by atoms with Crippen molar-refractivity contribution in [3.05, 3.63) is 48.6 Å². The van der Waals surface area contributed by atoms with Gasteiger partial charge in [0.2, 0.25) is 0 Å². The minimum Gasteiger partial charge on any atom is -0.365 e. The molecule has 0 aliphatic carbocycles. The molecule has 62 valence electrons. The second-order valence-corrected chi connectivity index (χ2v) is 3.06. The van der Waals surface area contributed by atoms with Crippen molar-refractivity contribution in [2.45, 2.75) is 18.6 Å². The van der Waals surface area contributed by atoms with Gasteiger partial charge in [0.15, 0.2) is 0 Å². The first-order chi connectivity index (χ1) is 5.90. The van der Waals surface area contributed by atoms with E-state index in [9.17, 15) is 0 Å². The summed E-state index contributed by atoms with van der Waals surface area (Å²) in [5.74, 6) is 0. The maximum atomic E-state index is 5.35. The van der Waals surface area contributed by atoms with Crippen molar-refractivity contribution in [3.8, 4) is 0 Å². The maximum Gasteiger partial charge on any atom is 0.102 e. The number of rotatable bonds is 3. The highest BCUT2D eigenvalue weighted by Crippen LogP contribution is 2.26. The van der Waals surface area contributed by atoms with Crippen LogP contribution in [-0.4, -0.2) is 12.2 Å². The highest BCUT2D eigenvalue weighted by Gasteiger charge is 2.35. The molecule has 1 aliphatic rings. The summed E-state index contributed by atoms with van der Waals surface area (Å²) in [6.07, 6.45) is 3.56. The van der Waals surface area contributed by atoms with Crippen LogP contribution in [0.2, 0.25) is 0 Å². The number of hydrogen-bond donors (Lipinski definition) is 0. The fourth-order valence-corrected chi connectivity index (χ4v) is 1.37. The van der Waals surface area contributed by atoms with E-state index >= 15 is 0 Å². The predicted octanol–water partition coefficient (Wildman–Crippen LogP) is 2.18. The van der Waals surface area contributed by atoms with Crippen LogP contribution in [-0.2, 0) is 11.2 Å². The van der Waals surface area contributed by atoms with Crippen LogP contribution in [0.5, 0.6) is 0 Å². The summed E-state index contributed by atoms with van der Waals surface area (Å²) in [6, 6.07) is 10.4. The summed E-state index contributed by atoms with van der Waals surface area (Å²) in [5, 5.41) is 0. The Morgan fingerprint density at radius 1 is 1.33 bits per heavy atom. The molecule has 2 atom stereocenters. The van der Waals surface area contributed by atoms with Gasteiger partial charge < -0.3 is 4.74 Å². The van der Waals surface area contributed by atoms with E-state index in [4.69, 9.17) is 4.74 Å². The first-order valence-corrected chi connectivity index (χ1v) is 4.22. The van der Waals surface area contributed by atoms with E-state index in [2.05, 4.69) is 30.8 Å². The standard InChI is InChI=1S/C11H12O/c1-2-10-11(12-10)8-9-6-4-3-5-7-9/h2-7,10-11H,1,8H2. The van der Waals surface area contributed by atoms with Crippen molar-refractivity contribution < 1.29 is 4.74 Å². The predicted molar refractivity (Wildman–Crippen MR) is 49.0 cm³/mol. The van der Waals surface area contributed by atoms with Gasteiger partial charge in [-0.2, -0.15) is 0 Å². The summed E-state index contributed by atoms with van der Waals surface area (Å²) >= 11 is 0. The van der Waals surface area contributed by atoms with Crippen LogP contribution in [0.15, 0.2) is 43.0 Å². The lowest BCUT2D eigenvalue weighted by molar-refractivity contribution is 0.388. The maximum absolute atomic E-state index is 5.35. The Morgan fingerprint density at radius 3 is 2.67 bits per heavy atom. The normalized spacial score (nSPS) is 26.7. The second-order valence-electron chi connectivity index (χ2n) is 3.06. The largest absolute Gasteiger partial charge is 0.365 e. The molecule has 1 heterocycles. The Hall–Kier alpha value is -1.08. The highest BCUT2D eigenvalue weighted by molar-refractivity contribution is 5.18. The number of ether oxygens (including phenoxy) is 1. The lowest BCUT2D eigenvalue weighted by atomic mass is 10.1. The summed E-state index contributed by atoms with van der Waals surface area (Å²) in [5.41, 5.74) is 1.34. The Balaban J connectivity index is 1.93. The lowest BCUT2D eigenvalue weighted by Gasteiger charge is -1.94. The average molecular weight is 160 g/mol. The Bertz CT molecular complexity index is 266. The molecule has 12 heavy (non-hydrogen) atoms. The molecule has 0 saturated carbocycles. The third-order valence-corrected chi connectivity index (χ3v) is 2.13. The summed E-state index contributed by atoms with van der Waals surface area (Å²) in [4.78, 5) is 0. The van der Waals surface area contributed by atoms with Gasteiger partial charge in [0.05, 0.1) is 6.10 Å². The van der Waals surface area contributed by atoms with Gasteiger partial charge in [-0.15, -0.1) is 6.58 Å². The monoisotopic (exact) mass is 160 g/mol. The Morgan fingerprint density at radius 2 is 2.08 bits per heavy atom. The molecule has 1 saturated heterocycles. The van der Waals surface area contributed by atoms with Gasteiger partial charge in [-0.05, 0) is 5.56 Å². The van der Waals surface area contributed by atoms with Gasteiger partial charge in [0.25, 0.3) is 0 Å². The number of epoxide rings is 1. The minimum absolute atomic E-state index is 0.296. The third-order valence-electron chi connectivity index (χ3n) is 2.13. The van der Waals surface area contributed by atoms with Crippen molar-refractivity contribution in [2.24, 2.45) is 0 Å². The molecule has 1 aliphatic heterocycles. The smallest absolute Gasteiger partial charge is 0.102 e. The molecule has 0 spiro atoms. The minimum atomic E-state index is 0.296. The van der Waals surface area contributed by atoms with E-state index in [1.165, 1.54) is 5.56 Å². The van der Waals surface area contributed by atoms with Gasteiger partial charge in [0, 0.05) is 6.42 Å². The van der Waals surface area contributed by atoms with E-state index in [0.717, 1.165) is 6.42 Å². The molecule has 0 amide bonds. The SMILES string of the molecule is C=CC1OC1Cc1ccccc1. The van der Waals surface area contributed by atoms with E-state index in [-0.39, 0.29) is 0 Å². The molecule has 0 bridgehead atoms. The molecule has 2 rings (SSSR count). The van der Waals surface area contributed by atoms with Crippen molar-refractivity contribution in [2.75, 3.05) is 0 Å². The molecule has 1 nitrogen and oxygen atoms in total. The molecule has 1 heteroatoms. The van der Waals surface area contributed by atoms with Gasteiger partial charge in [-0.25, -0.2) is 0 Å². The fourth-order valence-electron chi connectivity index (χ4n) is 1.37. The van der Waals surface area contributed by atoms with Crippen molar-refractivity contribution in [3.63, 3.8) is 0 Å². The molecule has 1 fully saturated rings. The Labute approximate surface area is 72.7 Å². The van der Waals surface area contributed by atoms with Gasteiger partial charge in [0.1, 0.15) is 6.10 Å². The van der Waals surface area contributed by atoms with Crippen LogP contribution in [0, 0.1) is 0 Å². The molecule has 1 aromatic rings. The third kappa shape index (κ3) is 1.56. The van der Waals surface area contributed by atoms with Crippen LogP contribution < -0.4 is 0 Å². The van der Waals surface area contributed by atoms with E-state index in [1.54, 1.807) is 0 Å². The topological polar surface area (TPSA) is 12.5 Å². The first kappa shape index (κ1) is 7.56. The zero-order valence-electron chi connectivity index (χ0n) is 6.94. The highest BCUT2D eigenvalue weighted by atomic mass is 16.6. The Kier molecular flexibility index (Phi) is 1.96. The second kappa shape index (κ2) is 3.11. The van der Waals surface area contributed by atoms with Crippen LogP contribution in [0.1, 0.15) is 5.56 Å². The summed E-state index contributed by atoms with van der Waals surface area (Å²) in [6.45, 7) is 3.69. The first-order valence-electron chi connectivity index (χ1n) is 4.22. The van der Waals surface area contributed by atoms with Gasteiger partial charge >= 0.3 is 0 Å². The molecule has 0 N–H and O–H groups in total. The van der Waals surface area contributed by atoms with Crippen LogP contribution >= 0.6 is 0 Å². The van der Waals surface area contributed by atoms with E-state index in [0.29, 0.717) is 12.2 Å². The quantitative estimate of drug-likeness (QED) is 0.487.